The van der Waals surface area contributed by atoms with Gasteiger partial charge >= 0.3 is 0 Å². The van der Waals surface area contributed by atoms with Crippen molar-refractivity contribution < 1.29 is 11.3 Å². The third-order valence-electron chi connectivity index (χ3n) is 1.06. The number of aliphatic hydroxyl groups is 1. The van der Waals surface area contributed by atoms with Crippen molar-refractivity contribution in [2.45, 2.75) is 13.5 Å². The maximum atomic E-state index is 10.7. The lowest BCUT2D eigenvalue weighted by atomic mass is 10.4. The van der Waals surface area contributed by atoms with Gasteiger partial charge in [0.1, 0.15) is 0 Å². The van der Waals surface area contributed by atoms with Crippen molar-refractivity contribution in [3.05, 3.63) is 17.7 Å². The number of hydrogen-bond acceptors (Lipinski definition) is 3. The molecular formula is C6H8N2O2. The molecule has 0 bridgehead atoms. The van der Waals surface area contributed by atoms with Crippen molar-refractivity contribution in [3.63, 3.8) is 0 Å². The van der Waals surface area contributed by atoms with Gasteiger partial charge in [0, 0.05) is 6.92 Å². The van der Waals surface area contributed by atoms with E-state index < -0.39 is 0 Å². The van der Waals surface area contributed by atoms with Gasteiger partial charge in [0.2, 0.25) is 0 Å². The molecule has 0 unspecified atom stereocenters. The lowest BCUT2D eigenvalue weighted by Gasteiger charge is -1.85. The summed E-state index contributed by atoms with van der Waals surface area (Å²) in [5.74, 6) is -0.114. The van der Waals surface area contributed by atoms with Crippen molar-refractivity contribution in [2.75, 3.05) is 0 Å². The standard InChI is InChI=1S/C6H8N2O2/c1-4(10)6-7-2-5(3-9)8-6/h2,9H,3H2,1H3,(H,7,8)/i2D. The molecule has 1 aromatic heterocycles. The first-order chi connectivity index (χ1) is 5.15. The third kappa shape index (κ3) is 1.22. The SMILES string of the molecule is [2H]c1nc(C(C)=O)[nH]c1CO. The Morgan fingerprint density at radius 3 is 3.10 bits per heavy atom. The quantitative estimate of drug-likeness (QED) is 0.574. The summed E-state index contributed by atoms with van der Waals surface area (Å²) in [6, 6.07) is 0. The number of Topliss-reactive ketones (excluding diaryl/α,β-unsaturated/α-hetero) is 1. The van der Waals surface area contributed by atoms with E-state index in [1.807, 2.05) is 0 Å². The Kier molecular flexibility index (Phi) is 1.47. The Labute approximate surface area is 59.3 Å². The smallest absolute Gasteiger partial charge is 0.194 e. The van der Waals surface area contributed by atoms with Gasteiger partial charge in [-0.3, -0.25) is 4.79 Å². The maximum Gasteiger partial charge on any atom is 0.194 e. The number of hydrogen-bond donors (Lipinski definition) is 2. The molecule has 0 saturated carbocycles. The molecule has 1 heterocycles. The molecule has 0 aliphatic rings. The Morgan fingerprint density at radius 2 is 2.80 bits per heavy atom. The highest BCUT2D eigenvalue weighted by Crippen LogP contribution is 1.96. The van der Waals surface area contributed by atoms with Crippen LogP contribution >= 0.6 is 0 Å². The van der Waals surface area contributed by atoms with Crippen LogP contribution in [0, 0.1) is 0 Å². The van der Waals surface area contributed by atoms with E-state index in [9.17, 15) is 4.79 Å². The Hall–Kier alpha value is -1.16. The minimum atomic E-state index is -0.293. The van der Waals surface area contributed by atoms with Crippen LogP contribution in [0.15, 0.2) is 6.17 Å². The number of H-pyrrole nitrogens is 1. The van der Waals surface area contributed by atoms with Crippen molar-refractivity contribution >= 4 is 5.78 Å². The van der Waals surface area contributed by atoms with E-state index in [4.69, 9.17) is 6.48 Å². The third-order valence-corrected chi connectivity index (χ3v) is 1.06. The monoisotopic (exact) mass is 141 g/mol. The van der Waals surface area contributed by atoms with Gasteiger partial charge in [-0.1, -0.05) is 0 Å². The summed E-state index contributed by atoms with van der Waals surface area (Å²) >= 11 is 0. The molecule has 10 heavy (non-hydrogen) atoms. The van der Waals surface area contributed by atoms with Crippen LogP contribution in [-0.2, 0) is 6.61 Å². The molecule has 0 aromatic carbocycles. The first-order valence-electron chi connectivity index (χ1n) is 3.32. The molecule has 0 radical (unpaired) electrons. The first-order valence-corrected chi connectivity index (χ1v) is 2.82. The summed E-state index contributed by atoms with van der Waals surface area (Å²) < 4.78 is 7.13. The topological polar surface area (TPSA) is 66.0 Å². The first kappa shape index (κ1) is 5.61. The number of aliphatic hydroxyl groups excluding tert-OH is 1. The predicted octanol–water partition coefficient (Wildman–Crippen LogP) is 0.105. The van der Waals surface area contributed by atoms with Gasteiger partial charge in [-0.15, -0.1) is 0 Å². The van der Waals surface area contributed by atoms with E-state index in [0.717, 1.165) is 0 Å². The van der Waals surface area contributed by atoms with E-state index in [0.29, 0.717) is 0 Å². The van der Waals surface area contributed by atoms with Crippen LogP contribution in [0.3, 0.4) is 0 Å². The maximum absolute atomic E-state index is 10.7. The largest absolute Gasteiger partial charge is 0.390 e. The molecule has 2 N–H and O–H groups in total. The second kappa shape index (κ2) is 2.62. The number of imidazole rings is 1. The van der Waals surface area contributed by atoms with Gasteiger partial charge in [0.25, 0.3) is 0 Å². The Morgan fingerprint density at radius 1 is 2.10 bits per heavy atom. The molecule has 0 saturated heterocycles. The Balaban J connectivity index is 3.05. The van der Waals surface area contributed by atoms with Crippen molar-refractivity contribution in [3.8, 4) is 0 Å². The molecule has 54 valence electrons. The normalized spacial score (nSPS) is 11.2. The molecular weight excluding hydrogens is 132 g/mol. The van der Waals surface area contributed by atoms with E-state index in [1.54, 1.807) is 0 Å². The highest BCUT2D eigenvalue weighted by molar-refractivity contribution is 5.90. The number of rotatable bonds is 2. The summed E-state index contributed by atoms with van der Waals surface area (Å²) in [6.07, 6.45) is -0.0716. The van der Waals surface area contributed by atoms with E-state index in [-0.39, 0.29) is 30.1 Å². The van der Waals surface area contributed by atoms with Gasteiger partial charge in [-0.25, -0.2) is 4.98 Å². The molecule has 0 spiro atoms. The van der Waals surface area contributed by atoms with Crippen LogP contribution in [0.25, 0.3) is 0 Å². The average molecular weight is 141 g/mol. The minimum absolute atomic E-state index is 0.0716. The van der Waals surface area contributed by atoms with E-state index in [1.165, 1.54) is 6.92 Å². The molecule has 0 aliphatic carbocycles. The molecule has 4 heteroatoms. The molecule has 4 nitrogen and oxygen atoms in total. The number of carbonyl (C=O) groups excluding carboxylic acids is 1. The fraction of sp³-hybridized carbons (Fsp3) is 0.333. The predicted molar refractivity (Wildman–Crippen MR) is 34.5 cm³/mol. The van der Waals surface area contributed by atoms with E-state index in [2.05, 4.69) is 9.97 Å². The number of aromatic amines is 1. The highest BCUT2D eigenvalue weighted by Gasteiger charge is 2.02. The zero-order valence-electron chi connectivity index (χ0n) is 6.51. The fourth-order valence-electron chi connectivity index (χ4n) is 0.564. The average Bonchev–Trinajstić information content (AvgIpc) is 2.31. The second-order valence-corrected chi connectivity index (χ2v) is 1.89. The number of ketones is 1. The number of aromatic nitrogens is 2. The number of nitrogens with one attached hydrogen (secondary N) is 1. The van der Waals surface area contributed by atoms with Gasteiger partial charge in [0.05, 0.1) is 19.8 Å². The lowest BCUT2D eigenvalue weighted by molar-refractivity contribution is 0.100. The summed E-state index contributed by atoms with van der Waals surface area (Å²) in [4.78, 5) is 16.8. The van der Waals surface area contributed by atoms with Crippen LogP contribution in [0.5, 0.6) is 0 Å². The summed E-state index contributed by atoms with van der Waals surface area (Å²) in [6.45, 7) is 1.05. The van der Waals surface area contributed by atoms with Gasteiger partial charge in [-0.05, 0) is 0 Å². The molecule has 0 atom stereocenters. The van der Waals surface area contributed by atoms with E-state index >= 15 is 0 Å². The molecule has 0 aliphatic heterocycles. The van der Waals surface area contributed by atoms with Crippen molar-refractivity contribution in [2.24, 2.45) is 0 Å². The van der Waals surface area contributed by atoms with Crippen LogP contribution in [-0.4, -0.2) is 20.9 Å². The van der Waals surface area contributed by atoms with Gasteiger partial charge in [-0.2, -0.15) is 0 Å². The summed E-state index contributed by atoms with van der Waals surface area (Å²) in [5.41, 5.74) is 0.273. The highest BCUT2D eigenvalue weighted by atomic mass is 16.3. The zero-order chi connectivity index (χ0) is 8.43. The Bertz CT molecular complexity index is 282. The van der Waals surface area contributed by atoms with Crippen LogP contribution in [0.4, 0.5) is 0 Å². The molecule has 0 amide bonds. The molecule has 1 rings (SSSR count). The van der Waals surface area contributed by atoms with Crippen LogP contribution in [0.2, 0.25) is 0 Å². The minimum Gasteiger partial charge on any atom is -0.390 e. The van der Waals surface area contributed by atoms with Crippen LogP contribution in [0.1, 0.15) is 24.6 Å². The fourth-order valence-corrected chi connectivity index (χ4v) is 0.564. The van der Waals surface area contributed by atoms with Gasteiger partial charge < -0.3 is 10.1 Å². The lowest BCUT2D eigenvalue weighted by Crippen LogP contribution is -1.94. The number of nitrogens with zero attached hydrogens (tertiary/aromatic N) is 1. The van der Waals surface area contributed by atoms with Crippen LogP contribution < -0.4 is 0 Å². The number of carbonyl (C=O) groups is 1. The summed E-state index contributed by atoms with van der Waals surface area (Å²) in [7, 11) is 0. The molecule has 1 aromatic rings. The van der Waals surface area contributed by atoms with Crippen molar-refractivity contribution in [1.29, 1.82) is 0 Å². The molecule has 0 fully saturated rings. The zero-order valence-corrected chi connectivity index (χ0v) is 5.51. The second-order valence-electron chi connectivity index (χ2n) is 1.89. The van der Waals surface area contributed by atoms with Crippen molar-refractivity contribution in [1.82, 2.24) is 9.97 Å². The van der Waals surface area contributed by atoms with Gasteiger partial charge in [0.15, 0.2) is 11.6 Å². The summed E-state index contributed by atoms with van der Waals surface area (Å²) in [5, 5.41) is 8.61.